The van der Waals surface area contributed by atoms with Gasteiger partial charge in [0.1, 0.15) is 6.10 Å². The standard InChI is InChI=1S/C31H50N2O3.C3H7N/c1-6-28-21(3)9-12-29(36-28)22(4)18-20(2)8-10-25-23(5)26(25)11-13-30-31(34)27(32)19-24(35-30)14-17-33-15-7-16-33;1-2-4-3-1/h8-11,13,18,20,23-31,34H,6-7,12,14-17,19,32H2,1-5H3;4H,1-3H2/b10-8+,13-11+,22-18+;/t20-,23-,24-,25+,26+,27+,28-,29-,30+,31-;/m1./s1. The second-order valence-electron chi connectivity index (χ2n) is 13.0. The quantitative estimate of drug-likeness (QED) is 0.329. The molecule has 1 aliphatic carbocycles. The van der Waals surface area contributed by atoms with Gasteiger partial charge in [-0.25, -0.2) is 0 Å². The lowest BCUT2D eigenvalue weighted by atomic mass is 9.93. The fraction of sp³-hybridized carbons (Fsp3) is 0.765. The fourth-order valence-corrected chi connectivity index (χ4v) is 6.25. The number of likely N-dealkylation sites (tertiary alicyclic amines) is 1. The zero-order chi connectivity index (χ0) is 28.6. The summed E-state index contributed by atoms with van der Waals surface area (Å²) in [5.74, 6) is 2.06. The molecule has 0 spiro atoms. The summed E-state index contributed by atoms with van der Waals surface area (Å²) in [6.45, 7) is 17.1. The highest BCUT2D eigenvalue weighted by Crippen LogP contribution is 2.48. The van der Waals surface area contributed by atoms with Crippen LogP contribution in [0.2, 0.25) is 0 Å². The van der Waals surface area contributed by atoms with E-state index in [1.165, 1.54) is 50.2 Å². The molecule has 4 aliphatic heterocycles. The molecule has 4 N–H and O–H groups in total. The van der Waals surface area contributed by atoms with Crippen LogP contribution in [0.1, 0.15) is 73.1 Å². The van der Waals surface area contributed by atoms with E-state index in [0.29, 0.717) is 23.7 Å². The molecule has 226 valence electrons. The van der Waals surface area contributed by atoms with Gasteiger partial charge in [0.05, 0.1) is 24.4 Å². The topological polar surface area (TPSA) is 80.0 Å². The molecule has 4 heterocycles. The fourth-order valence-electron chi connectivity index (χ4n) is 6.25. The lowest BCUT2D eigenvalue weighted by Crippen LogP contribution is -2.52. The molecule has 0 unspecified atom stereocenters. The normalized spacial score (nSPS) is 39.2. The average molecular weight is 556 g/mol. The van der Waals surface area contributed by atoms with Gasteiger partial charge in [-0.2, -0.15) is 0 Å². The highest BCUT2D eigenvalue weighted by Gasteiger charge is 2.43. The summed E-state index contributed by atoms with van der Waals surface area (Å²) >= 11 is 0. The first-order valence-corrected chi connectivity index (χ1v) is 16.2. The van der Waals surface area contributed by atoms with Crippen molar-refractivity contribution in [2.75, 3.05) is 32.7 Å². The van der Waals surface area contributed by atoms with Gasteiger partial charge in [-0.3, -0.25) is 0 Å². The number of allylic oxidation sites excluding steroid dienone is 4. The smallest absolute Gasteiger partial charge is 0.103 e. The summed E-state index contributed by atoms with van der Waals surface area (Å²) in [6, 6.07) is -0.210. The number of ether oxygens (including phenoxy) is 2. The van der Waals surface area contributed by atoms with Gasteiger partial charge in [0.25, 0.3) is 0 Å². The third-order valence-electron chi connectivity index (χ3n) is 9.66. The first-order valence-electron chi connectivity index (χ1n) is 16.2. The van der Waals surface area contributed by atoms with Crippen LogP contribution in [-0.2, 0) is 9.47 Å². The third-order valence-corrected chi connectivity index (χ3v) is 9.66. The van der Waals surface area contributed by atoms with Crippen LogP contribution in [0.5, 0.6) is 0 Å². The van der Waals surface area contributed by atoms with Gasteiger partial charge >= 0.3 is 0 Å². The molecule has 40 heavy (non-hydrogen) atoms. The van der Waals surface area contributed by atoms with Crippen molar-refractivity contribution >= 4 is 0 Å². The van der Waals surface area contributed by atoms with Gasteiger partial charge in [-0.15, -0.1) is 0 Å². The Balaban J connectivity index is 0.000000848. The van der Waals surface area contributed by atoms with Gasteiger partial charge in [0.15, 0.2) is 0 Å². The summed E-state index contributed by atoms with van der Waals surface area (Å²) in [5.41, 5.74) is 8.98. The third kappa shape index (κ3) is 8.86. The number of hydrogen-bond acceptors (Lipinski definition) is 6. The van der Waals surface area contributed by atoms with E-state index in [1.54, 1.807) is 0 Å². The molecule has 0 aromatic rings. The van der Waals surface area contributed by atoms with Crippen LogP contribution in [0.3, 0.4) is 0 Å². The van der Waals surface area contributed by atoms with Crippen molar-refractivity contribution < 1.29 is 14.6 Å². The molecule has 1 saturated carbocycles. The lowest BCUT2D eigenvalue weighted by Gasteiger charge is -2.38. The molecule has 0 aromatic carbocycles. The van der Waals surface area contributed by atoms with Gasteiger partial charge in [-0.05, 0) is 113 Å². The van der Waals surface area contributed by atoms with Crippen LogP contribution in [0.4, 0.5) is 0 Å². The molecular weight excluding hydrogens is 498 g/mol. The molecule has 6 heteroatoms. The molecular formula is C34H57N3O3. The summed E-state index contributed by atoms with van der Waals surface area (Å²) in [6.07, 6.45) is 19.9. The summed E-state index contributed by atoms with van der Waals surface area (Å²) in [5, 5.41) is 13.7. The zero-order valence-corrected chi connectivity index (χ0v) is 25.8. The second kappa shape index (κ2) is 15.3. The van der Waals surface area contributed by atoms with Crippen molar-refractivity contribution in [3.63, 3.8) is 0 Å². The minimum absolute atomic E-state index is 0.141. The van der Waals surface area contributed by atoms with Crippen LogP contribution < -0.4 is 11.1 Å². The number of nitrogens with two attached hydrogens (primary N) is 1. The molecule has 3 saturated heterocycles. The Morgan fingerprint density at radius 1 is 1.18 bits per heavy atom. The summed E-state index contributed by atoms with van der Waals surface area (Å²) in [7, 11) is 0. The number of aliphatic hydroxyl groups excluding tert-OH is 1. The maximum absolute atomic E-state index is 10.6. The Morgan fingerprint density at radius 2 is 1.88 bits per heavy atom. The van der Waals surface area contributed by atoms with Crippen molar-refractivity contribution in [2.24, 2.45) is 29.4 Å². The number of rotatable bonds is 10. The maximum atomic E-state index is 10.6. The van der Waals surface area contributed by atoms with E-state index in [-0.39, 0.29) is 30.5 Å². The van der Waals surface area contributed by atoms with Crippen LogP contribution in [-0.4, -0.2) is 79.3 Å². The molecule has 0 bridgehead atoms. The van der Waals surface area contributed by atoms with Crippen LogP contribution in [0.25, 0.3) is 0 Å². The number of hydrogen-bond donors (Lipinski definition) is 3. The van der Waals surface area contributed by atoms with E-state index in [4.69, 9.17) is 15.2 Å². The van der Waals surface area contributed by atoms with Crippen LogP contribution >= 0.6 is 0 Å². The van der Waals surface area contributed by atoms with E-state index in [9.17, 15) is 5.11 Å². The number of aliphatic hydroxyl groups is 1. The lowest BCUT2D eigenvalue weighted by molar-refractivity contribution is -0.109. The van der Waals surface area contributed by atoms with E-state index in [0.717, 1.165) is 32.2 Å². The molecule has 5 aliphatic rings. The molecule has 0 radical (unpaired) electrons. The molecule has 6 nitrogen and oxygen atoms in total. The Hall–Kier alpha value is -1.28. The molecule has 0 amide bonds. The Kier molecular flexibility index (Phi) is 12.1. The van der Waals surface area contributed by atoms with Crippen molar-refractivity contribution in [1.29, 1.82) is 0 Å². The first kappa shape index (κ1) is 31.7. The van der Waals surface area contributed by atoms with E-state index >= 15 is 0 Å². The minimum atomic E-state index is -0.620. The Morgan fingerprint density at radius 3 is 2.50 bits per heavy atom. The Bertz CT molecular complexity index is 902. The van der Waals surface area contributed by atoms with Gasteiger partial charge < -0.3 is 30.5 Å². The van der Waals surface area contributed by atoms with Gasteiger partial charge in [0, 0.05) is 12.6 Å². The van der Waals surface area contributed by atoms with Gasteiger partial charge in [0.2, 0.25) is 0 Å². The maximum Gasteiger partial charge on any atom is 0.103 e. The molecule has 4 fully saturated rings. The molecule has 0 aromatic heterocycles. The van der Waals surface area contributed by atoms with Crippen LogP contribution in [0.15, 0.2) is 47.6 Å². The summed E-state index contributed by atoms with van der Waals surface area (Å²) in [4.78, 5) is 2.47. The zero-order valence-electron chi connectivity index (χ0n) is 25.8. The SMILES string of the molecule is C1CNC1.CC[C@H]1O[C@@H](/C(C)=C/[C@H](C)/C=C/[C@H]2[C@@H](C)[C@@H]2/C=C/[C@@H]2O[C@H](CCN3CCC3)C[C@H](N)[C@H]2O)CC=C1C. The number of nitrogens with zero attached hydrogens (tertiary/aromatic N) is 1. The predicted molar refractivity (Wildman–Crippen MR) is 165 cm³/mol. The van der Waals surface area contributed by atoms with E-state index < -0.39 is 6.10 Å². The second-order valence-corrected chi connectivity index (χ2v) is 13.0. The van der Waals surface area contributed by atoms with Crippen molar-refractivity contribution in [2.45, 2.75) is 110 Å². The monoisotopic (exact) mass is 555 g/mol. The highest BCUT2D eigenvalue weighted by molar-refractivity contribution is 5.20. The van der Waals surface area contributed by atoms with Crippen molar-refractivity contribution in [3.8, 4) is 0 Å². The Labute approximate surface area is 244 Å². The first-order chi connectivity index (χ1) is 19.3. The predicted octanol–water partition coefficient (Wildman–Crippen LogP) is 5.00. The largest absolute Gasteiger partial charge is 0.388 e. The van der Waals surface area contributed by atoms with E-state index in [1.807, 2.05) is 0 Å². The molecule has 5 rings (SSSR count). The number of nitrogens with one attached hydrogen (secondary N) is 1. The molecule has 10 atom stereocenters. The van der Waals surface area contributed by atoms with E-state index in [2.05, 4.69) is 81.3 Å². The van der Waals surface area contributed by atoms with Gasteiger partial charge in [-0.1, -0.05) is 57.2 Å². The highest BCUT2D eigenvalue weighted by atomic mass is 16.5. The van der Waals surface area contributed by atoms with Crippen LogP contribution in [0, 0.1) is 23.7 Å². The van der Waals surface area contributed by atoms with Crippen molar-refractivity contribution in [3.05, 3.63) is 47.6 Å². The average Bonchev–Trinajstić information content (AvgIpc) is 3.49. The minimum Gasteiger partial charge on any atom is -0.388 e. The summed E-state index contributed by atoms with van der Waals surface area (Å²) < 4.78 is 12.6. The van der Waals surface area contributed by atoms with Crippen molar-refractivity contribution in [1.82, 2.24) is 10.2 Å².